The van der Waals surface area contributed by atoms with E-state index in [1.54, 1.807) is 0 Å². The lowest BCUT2D eigenvalue weighted by Crippen LogP contribution is -2.29. The molecule has 0 aliphatic carbocycles. The number of aromatic nitrogens is 2. The van der Waals surface area contributed by atoms with Gasteiger partial charge in [-0.15, -0.1) is 0 Å². The highest BCUT2D eigenvalue weighted by Gasteiger charge is 2.15. The zero-order chi connectivity index (χ0) is 10.7. The van der Waals surface area contributed by atoms with E-state index >= 15 is 0 Å². The van der Waals surface area contributed by atoms with E-state index in [4.69, 9.17) is 0 Å². The van der Waals surface area contributed by atoms with E-state index < -0.39 is 0 Å². The summed E-state index contributed by atoms with van der Waals surface area (Å²) in [4.78, 5) is 0. The van der Waals surface area contributed by atoms with Crippen LogP contribution in [0.2, 0.25) is 0 Å². The fourth-order valence-corrected chi connectivity index (χ4v) is 2.23. The van der Waals surface area contributed by atoms with Crippen molar-refractivity contribution in [2.24, 2.45) is 5.92 Å². The second-order valence-electron chi connectivity index (χ2n) is 4.91. The summed E-state index contributed by atoms with van der Waals surface area (Å²) in [6.07, 6.45) is 7.83. The lowest BCUT2D eigenvalue weighted by molar-refractivity contribution is 0.343. The van der Waals surface area contributed by atoms with Crippen LogP contribution in [-0.2, 0) is 6.42 Å². The van der Waals surface area contributed by atoms with Crippen LogP contribution in [0, 0.1) is 5.92 Å². The normalized spacial score (nSPS) is 18.6. The number of nitrogens with zero attached hydrogens (tertiary/aromatic N) is 2. The summed E-state index contributed by atoms with van der Waals surface area (Å²) in [5.41, 5.74) is 1.38. The van der Waals surface area contributed by atoms with Gasteiger partial charge in [0.25, 0.3) is 0 Å². The van der Waals surface area contributed by atoms with E-state index in [0.717, 1.165) is 25.4 Å². The van der Waals surface area contributed by atoms with E-state index in [9.17, 15) is 0 Å². The molecule has 0 spiro atoms. The van der Waals surface area contributed by atoms with E-state index in [1.807, 2.05) is 6.20 Å². The summed E-state index contributed by atoms with van der Waals surface area (Å²) < 4.78 is 2.17. The fraction of sp³-hybridized carbons (Fsp3) is 0.750. The predicted molar refractivity (Wildman–Crippen MR) is 61.9 cm³/mol. The molecule has 84 valence electrons. The van der Waals surface area contributed by atoms with E-state index in [2.05, 4.69) is 35.1 Å². The van der Waals surface area contributed by atoms with Gasteiger partial charge in [0, 0.05) is 6.20 Å². The molecule has 0 radical (unpaired) electrons. The first kappa shape index (κ1) is 10.7. The Morgan fingerprint density at radius 2 is 2.20 bits per heavy atom. The molecule has 0 unspecified atom stereocenters. The third-order valence-corrected chi connectivity index (χ3v) is 2.98. The first-order chi connectivity index (χ1) is 7.25. The van der Waals surface area contributed by atoms with Crippen molar-refractivity contribution in [3.05, 3.63) is 18.0 Å². The Hall–Kier alpha value is -0.830. The Labute approximate surface area is 91.9 Å². The molecule has 2 rings (SSSR count). The largest absolute Gasteiger partial charge is 0.317 e. The third-order valence-electron chi connectivity index (χ3n) is 2.98. The molecule has 1 saturated heterocycles. The Bertz CT molecular complexity index is 298. The van der Waals surface area contributed by atoms with Gasteiger partial charge in [0.05, 0.1) is 12.2 Å². The van der Waals surface area contributed by atoms with Crippen LogP contribution in [0.4, 0.5) is 0 Å². The van der Waals surface area contributed by atoms with Crippen LogP contribution in [0.15, 0.2) is 12.4 Å². The van der Waals surface area contributed by atoms with Crippen LogP contribution in [0.5, 0.6) is 0 Å². The average Bonchev–Trinajstić information content (AvgIpc) is 2.67. The fourth-order valence-electron chi connectivity index (χ4n) is 2.23. The zero-order valence-corrected chi connectivity index (χ0v) is 9.74. The standard InChI is InChI=1S/C12H21N3/c1-10(2)7-11-8-14-15(9-11)12-3-5-13-6-4-12/h8-10,12-13H,3-7H2,1-2H3. The van der Waals surface area contributed by atoms with Crippen LogP contribution < -0.4 is 5.32 Å². The minimum Gasteiger partial charge on any atom is -0.317 e. The van der Waals surface area contributed by atoms with Crippen molar-refractivity contribution in [2.75, 3.05) is 13.1 Å². The number of hydrogen-bond donors (Lipinski definition) is 1. The summed E-state index contributed by atoms with van der Waals surface area (Å²) in [7, 11) is 0. The van der Waals surface area contributed by atoms with Gasteiger partial charge in [0.15, 0.2) is 0 Å². The molecule has 0 bridgehead atoms. The Balaban J connectivity index is 1.99. The van der Waals surface area contributed by atoms with E-state index in [0.29, 0.717) is 6.04 Å². The van der Waals surface area contributed by atoms with Crippen molar-refractivity contribution < 1.29 is 0 Å². The van der Waals surface area contributed by atoms with Crippen molar-refractivity contribution in [2.45, 2.75) is 39.2 Å². The summed E-state index contributed by atoms with van der Waals surface area (Å²) in [6.45, 7) is 6.76. The van der Waals surface area contributed by atoms with Gasteiger partial charge in [-0.2, -0.15) is 5.10 Å². The average molecular weight is 207 g/mol. The molecule has 0 atom stereocenters. The molecule has 1 fully saturated rings. The van der Waals surface area contributed by atoms with Crippen LogP contribution >= 0.6 is 0 Å². The van der Waals surface area contributed by atoms with Crippen molar-refractivity contribution in [3.63, 3.8) is 0 Å². The second kappa shape index (κ2) is 4.79. The van der Waals surface area contributed by atoms with Crippen LogP contribution in [0.1, 0.15) is 38.3 Å². The number of rotatable bonds is 3. The smallest absolute Gasteiger partial charge is 0.0543 e. The molecule has 3 heteroatoms. The van der Waals surface area contributed by atoms with Gasteiger partial charge in [-0.1, -0.05) is 13.8 Å². The summed E-state index contributed by atoms with van der Waals surface area (Å²) in [5.74, 6) is 0.718. The molecule has 3 nitrogen and oxygen atoms in total. The number of piperidine rings is 1. The first-order valence-corrected chi connectivity index (χ1v) is 5.99. The predicted octanol–water partition coefficient (Wildman–Crippen LogP) is 2.01. The molecule has 0 aromatic carbocycles. The van der Waals surface area contributed by atoms with Gasteiger partial charge >= 0.3 is 0 Å². The van der Waals surface area contributed by atoms with E-state index in [1.165, 1.54) is 18.4 Å². The van der Waals surface area contributed by atoms with Gasteiger partial charge < -0.3 is 5.32 Å². The molecule has 0 amide bonds. The van der Waals surface area contributed by atoms with Gasteiger partial charge in [-0.3, -0.25) is 4.68 Å². The highest BCUT2D eigenvalue weighted by Crippen LogP contribution is 2.18. The van der Waals surface area contributed by atoms with Gasteiger partial charge in [-0.25, -0.2) is 0 Å². The number of nitrogens with one attached hydrogen (secondary N) is 1. The van der Waals surface area contributed by atoms with Crippen LogP contribution in [0.3, 0.4) is 0 Å². The van der Waals surface area contributed by atoms with Crippen molar-refractivity contribution in [1.82, 2.24) is 15.1 Å². The highest BCUT2D eigenvalue weighted by atomic mass is 15.3. The summed E-state index contributed by atoms with van der Waals surface area (Å²) >= 11 is 0. The van der Waals surface area contributed by atoms with Gasteiger partial charge in [0.2, 0.25) is 0 Å². The SMILES string of the molecule is CC(C)Cc1cnn(C2CCNCC2)c1. The topological polar surface area (TPSA) is 29.9 Å². The second-order valence-corrected chi connectivity index (χ2v) is 4.91. The molecule has 1 N–H and O–H groups in total. The van der Waals surface area contributed by atoms with Gasteiger partial charge in [0.1, 0.15) is 0 Å². The first-order valence-electron chi connectivity index (χ1n) is 5.99. The maximum Gasteiger partial charge on any atom is 0.0543 e. The Kier molecular flexibility index (Phi) is 3.41. The highest BCUT2D eigenvalue weighted by molar-refractivity contribution is 5.05. The Morgan fingerprint density at radius 3 is 2.87 bits per heavy atom. The van der Waals surface area contributed by atoms with Crippen molar-refractivity contribution in [3.8, 4) is 0 Å². The quantitative estimate of drug-likeness (QED) is 0.821. The van der Waals surface area contributed by atoms with Crippen molar-refractivity contribution >= 4 is 0 Å². The minimum atomic E-state index is 0.618. The monoisotopic (exact) mass is 207 g/mol. The number of hydrogen-bond acceptors (Lipinski definition) is 2. The molecule has 2 heterocycles. The lowest BCUT2D eigenvalue weighted by Gasteiger charge is -2.22. The molecule has 15 heavy (non-hydrogen) atoms. The van der Waals surface area contributed by atoms with Crippen molar-refractivity contribution in [1.29, 1.82) is 0 Å². The maximum atomic E-state index is 4.48. The molecular weight excluding hydrogens is 186 g/mol. The van der Waals surface area contributed by atoms with E-state index in [-0.39, 0.29) is 0 Å². The molecule has 1 aliphatic heterocycles. The summed E-state index contributed by atoms with van der Waals surface area (Å²) in [6, 6.07) is 0.618. The van der Waals surface area contributed by atoms with Gasteiger partial charge in [-0.05, 0) is 43.8 Å². The minimum absolute atomic E-state index is 0.618. The molecular formula is C12H21N3. The zero-order valence-electron chi connectivity index (χ0n) is 9.74. The van der Waals surface area contributed by atoms with Crippen LogP contribution in [0.25, 0.3) is 0 Å². The molecule has 1 aromatic rings. The third kappa shape index (κ3) is 2.81. The molecule has 1 aliphatic rings. The van der Waals surface area contributed by atoms with Crippen LogP contribution in [-0.4, -0.2) is 22.9 Å². The summed E-state index contributed by atoms with van der Waals surface area (Å²) in [5, 5.41) is 7.86. The maximum absolute atomic E-state index is 4.48. The molecule has 0 saturated carbocycles. The lowest BCUT2D eigenvalue weighted by atomic mass is 10.1. The molecule has 1 aromatic heterocycles. The Morgan fingerprint density at radius 1 is 1.47 bits per heavy atom.